The van der Waals surface area contributed by atoms with Crippen molar-refractivity contribution in [2.75, 3.05) is 0 Å². The Balaban J connectivity index is 1.95. The number of aromatic nitrogens is 2. The molecular weight excluding hydrogens is 275 g/mol. The van der Waals surface area contributed by atoms with E-state index in [1.807, 2.05) is 31.3 Å². The SMILES string of the molecule is Cn1nc(CS(=O)c2cccc(F)c2)c2ccccc21. The zero-order valence-electron chi connectivity index (χ0n) is 10.9. The average Bonchev–Trinajstić information content (AvgIpc) is 2.76. The molecule has 0 aliphatic carbocycles. The molecule has 3 rings (SSSR count). The third-order valence-corrected chi connectivity index (χ3v) is 4.48. The number of fused-ring (bicyclic) bond motifs is 1. The topological polar surface area (TPSA) is 34.9 Å². The average molecular weight is 288 g/mol. The summed E-state index contributed by atoms with van der Waals surface area (Å²) < 4.78 is 27.3. The summed E-state index contributed by atoms with van der Waals surface area (Å²) in [6, 6.07) is 13.7. The van der Waals surface area contributed by atoms with Gasteiger partial charge < -0.3 is 0 Å². The molecule has 3 nitrogen and oxygen atoms in total. The van der Waals surface area contributed by atoms with Gasteiger partial charge in [-0.3, -0.25) is 8.89 Å². The first-order valence-corrected chi connectivity index (χ1v) is 7.51. The molecule has 0 fully saturated rings. The largest absolute Gasteiger partial charge is 0.268 e. The number of para-hydroxylation sites is 1. The van der Waals surface area contributed by atoms with E-state index in [-0.39, 0.29) is 11.6 Å². The van der Waals surface area contributed by atoms with Crippen LogP contribution in [0, 0.1) is 5.82 Å². The van der Waals surface area contributed by atoms with Gasteiger partial charge in [0.25, 0.3) is 0 Å². The fourth-order valence-electron chi connectivity index (χ4n) is 2.21. The maximum atomic E-state index is 13.2. The normalized spacial score (nSPS) is 12.7. The maximum Gasteiger partial charge on any atom is 0.124 e. The van der Waals surface area contributed by atoms with Crippen molar-refractivity contribution in [3.63, 3.8) is 0 Å². The summed E-state index contributed by atoms with van der Waals surface area (Å²) in [5, 5.41) is 5.39. The van der Waals surface area contributed by atoms with Gasteiger partial charge in [0.1, 0.15) is 5.82 Å². The van der Waals surface area contributed by atoms with Crippen molar-refractivity contribution in [2.24, 2.45) is 7.05 Å². The van der Waals surface area contributed by atoms with Gasteiger partial charge in [-0.15, -0.1) is 0 Å². The Kier molecular flexibility index (Phi) is 3.36. The predicted molar refractivity (Wildman–Crippen MR) is 77.2 cm³/mol. The Bertz CT molecular complexity index is 797. The second-order valence-corrected chi connectivity index (χ2v) is 5.99. The van der Waals surface area contributed by atoms with E-state index in [0.717, 1.165) is 16.6 Å². The van der Waals surface area contributed by atoms with Crippen LogP contribution in [-0.2, 0) is 23.6 Å². The molecule has 0 radical (unpaired) electrons. The maximum absolute atomic E-state index is 13.2. The summed E-state index contributed by atoms with van der Waals surface area (Å²) >= 11 is 0. The van der Waals surface area contributed by atoms with Crippen molar-refractivity contribution in [1.82, 2.24) is 9.78 Å². The van der Waals surface area contributed by atoms with E-state index < -0.39 is 10.8 Å². The summed E-state index contributed by atoms with van der Waals surface area (Å²) in [5.74, 6) is -0.0909. The Morgan fingerprint density at radius 2 is 2.00 bits per heavy atom. The molecular formula is C15H13FN2OS. The van der Waals surface area contributed by atoms with Crippen LogP contribution in [0.2, 0.25) is 0 Å². The fraction of sp³-hybridized carbons (Fsp3) is 0.133. The van der Waals surface area contributed by atoms with E-state index in [4.69, 9.17) is 0 Å². The Morgan fingerprint density at radius 1 is 1.20 bits per heavy atom. The lowest BCUT2D eigenvalue weighted by Crippen LogP contribution is -1.99. The molecule has 0 N–H and O–H groups in total. The van der Waals surface area contributed by atoms with Crippen molar-refractivity contribution >= 4 is 21.7 Å². The van der Waals surface area contributed by atoms with Crippen LogP contribution in [0.5, 0.6) is 0 Å². The smallest absolute Gasteiger partial charge is 0.124 e. The minimum absolute atomic E-state index is 0.283. The first-order valence-electron chi connectivity index (χ1n) is 6.20. The van der Waals surface area contributed by atoms with E-state index >= 15 is 0 Å². The van der Waals surface area contributed by atoms with Crippen LogP contribution in [0.1, 0.15) is 5.69 Å². The molecule has 1 unspecified atom stereocenters. The first kappa shape index (κ1) is 13.0. The molecule has 0 saturated carbocycles. The van der Waals surface area contributed by atoms with Crippen molar-refractivity contribution in [3.8, 4) is 0 Å². The van der Waals surface area contributed by atoms with Gasteiger partial charge in [0.15, 0.2) is 0 Å². The zero-order valence-corrected chi connectivity index (χ0v) is 11.7. The highest BCUT2D eigenvalue weighted by atomic mass is 32.2. The van der Waals surface area contributed by atoms with Gasteiger partial charge >= 0.3 is 0 Å². The second kappa shape index (κ2) is 5.17. The molecule has 20 heavy (non-hydrogen) atoms. The van der Waals surface area contributed by atoms with Gasteiger partial charge in [-0.25, -0.2) is 4.39 Å². The number of hydrogen-bond donors (Lipinski definition) is 0. The van der Waals surface area contributed by atoms with Crippen molar-refractivity contribution in [1.29, 1.82) is 0 Å². The Hall–Kier alpha value is -2.01. The highest BCUT2D eigenvalue weighted by molar-refractivity contribution is 7.84. The van der Waals surface area contributed by atoms with Crippen LogP contribution < -0.4 is 0 Å². The highest BCUT2D eigenvalue weighted by Gasteiger charge is 2.12. The molecule has 102 valence electrons. The van der Waals surface area contributed by atoms with Crippen LogP contribution >= 0.6 is 0 Å². The summed E-state index contributed by atoms with van der Waals surface area (Å²) in [4.78, 5) is 0.486. The minimum Gasteiger partial charge on any atom is -0.268 e. The number of rotatable bonds is 3. The van der Waals surface area contributed by atoms with E-state index in [1.54, 1.807) is 16.8 Å². The quantitative estimate of drug-likeness (QED) is 0.742. The zero-order chi connectivity index (χ0) is 14.1. The van der Waals surface area contributed by atoms with Crippen LogP contribution in [0.25, 0.3) is 10.9 Å². The number of halogens is 1. The molecule has 0 amide bonds. The second-order valence-electron chi connectivity index (χ2n) is 4.53. The van der Waals surface area contributed by atoms with Crippen LogP contribution in [0.3, 0.4) is 0 Å². The molecule has 0 bridgehead atoms. The number of nitrogens with zero attached hydrogens (tertiary/aromatic N) is 2. The van der Waals surface area contributed by atoms with E-state index in [9.17, 15) is 8.60 Å². The molecule has 5 heteroatoms. The van der Waals surface area contributed by atoms with Gasteiger partial charge in [0.2, 0.25) is 0 Å². The molecule has 0 saturated heterocycles. The van der Waals surface area contributed by atoms with Gasteiger partial charge in [0, 0.05) is 17.3 Å². The predicted octanol–water partition coefficient (Wildman–Crippen LogP) is 3.02. The van der Waals surface area contributed by atoms with Crippen molar-refractivity contribution in [3.05, 3.63) is 60.0 Å². The number of hydrogen-bond acceptors (Lipinski definition) is 2. The number of aryl methyl sites for hydroxylation is 1. The fourth-order valence-corrected chi connectivity index (χ4v) is 3.31. The summed E-state index contributed by atoms with van der Waals surface area (Å²) in [6.45, 7) is 0. The molecule has 1 aromatic heterocycles. The molecule has 0 aliphatic heterocycles. The van der Waals surface area contributed by atoms with Gasteiger partial charge in [0.05, 0.1) is 27.8 Å². The molecule has 0 aliphatic rings. The minimum atomic E-state index is -1.30. The van der Waals surface area contributed by atoms with Crippen molar-refractivity contribution < 1.29 is 8.60 Å². The Labute approximate surface area is 118 Å². The highest BCUT2D eigenvalue weighted by Crippen LogP contribution is 2.21. The van der Waals surface area contributed by atoms with Crippen molar-refractivity contribution in [2.45, 2.75) is 10.6 Å². The van der Waals surface area contributed by atoms with Gasteiger partial charge in [-0.2, -0.15) is 5.10 Å². The first-order chi connectivity index (χ1) is 9.65. The molecule has 3 aromatic rings. The van der Waals surface area contributed by atoms with E-state index in [0.29, 0.717) is 4.90 Å². The molecule has 2 aromatic carbocycles. The summed E-state index contributed by atoms with van der Waals surface area (Å²) in [6.07, 6.45) is 0. The third-order valence-electron chi connectivity index (χ3n) is 3.16. The molecule has 0 spiro atoms. The van der Waals surface area contributed by atoms with Crippen LogP contribution in [0.15, 0.2) is 53.4 Å². The summed E-state index contributed by atoms with van der Waals surface area (Å²) in [5.41, 5.74) is 1.77. The molecule has 1 heterocycles. The van der Waals surface area contributed by atoms with Crippen LogP contribution in [0.4, 0.5) is 4.39 Å². The van der Waals surface area contributed by atoms with Gasteiger partial charge in [-0.05, 0) is 24.3 Å². The lowest BCUT2D eigenvalue weighted by atomic mass is 10.2. The third kappa shape index (κ3) is 2.36. The van der Waals surface area contributed by atoms with Gasteiger partial charge in [-0.1, -0.05) is 24.3 Å². The van der Waals surface area contributed by atoms with Crippen LogP contribution in [-0.4, -0.2) is 14.0 Å². The monoisotopic (exact) mass is 288 g/mol. The lowest BCUT2D eigenvalue weighted by molar-refractivity contribution is 0.622. The standard InChI is InChI=1S/C15H13FN2OS/c1-18-15-8-3-2-7-13(15)14(17-18)10-20(19)12-6-4-5-11(16)9-12/h2-9H,10H2,1H3. The number of benzene rings is 2. The van der Waals surface area contributed by atoms with E-state index in [2.05, 4.69) is 5.10 Å². The van der Waals surface area contributed by atoms with E-state index in [1.165, 1.54) is 12.1 Å². The molecule has 1 atom stereocenters. The summed E-state index contributed by atoms with van der Waals surface area (Å²) in [7, 11) is 0.555. The lowest BCUT2D eigenvalue weighted by Gasteiger charge is -2.00. The Morgan fingerprint density at radius 3 is 2.80 bits per heavy atom.